The van der Waals surface area contributed by atoms with Crippen LogP contribution in [-0.2, 0) is 19.5 Å². The van der Waals surface area contributed by atoms with E-state index in [9.17, 15) is 0 Å². The Balaban J connectivity index is 0.00000133. The highest BCUT2D eigenvalue weighted by molar-refractivity contribution is 6.31. The first-order chi connectivity index (χ1) is 8.83. The fraction of sp³-hybridized carbons (Fsp3) is 0.250. The standard InChI is InChI=1S/C16H16ClN.ClH/c17-16-8-4-3-7-15(16)12-18-10-9-13-5-1-2-6-14(13)11-18;/h1-8H,9-12H2;1H. The summed E-state index contributed by atoms with van der Waals surface area (Å²) in [4.78, 5) is 2.46. The van der Waals surface area contributed by atoms with Crippen LogP contribution < -0.4 is 0 Å². The normalized spacial score (nSPS) is 14.6. The fourth-order valence-corrected chi connectivity index (χ4v) is 2.75. The number of nitrogens with zero attached hydrogens (tertiary/aromatic N) is 1. The molecule has 0 unspecified atom stereocenters. The molecule has 0 aliphatic carbocycles. The van der Waals surface area contributed by atoms with E-state index in [4.69, 9.17) is 11.6 Å². The van der Waals surface area contributed by atoms with Gasteiger partial charge >= 0.3 is 0 Å². The van der Waals surface area contributed by atoms with Gasteiger partial charge in [-0.3, -0.25) is 4.90 Å². The van der Waals surface area contributed by atoms with Crippen LogP contribution in [0.15, 0.2) is 48.5 Å². The molecule has 2 aromatic carbocycles. The highest BCUT2D eigenvalue weighted by atomic mass is 35.5. The van der Waals surface area contributed by atoms with Gasteiger partial charge in [0, 0.05) is 24.7 Å². The molecular weight excluding hydrogens is 277 g/mol. The lowest BCUT2D eigenvalue weighted by Gasteiger charge is -2.28. The lowest BCUT2D eigenvalue weighted by atomic mass is 9.99. The van der Waals surface area contributed by atoms with Gasteiger partial charge in [-0.2, -0.15) is 0 Å². The molecule has 0 spiro atoms. The zero-order valence-corrected chi connectivity index (χ0v) is 12.3. The minimum Gasteiger partial charge on any atom is -0.294 e. The van der Waals surface area contributed by atoms with Gasteiger partial charge < -0.3 is 0 Å². The average Bonchev–Trinajstić information content (AvgIpc) is 2.41. The molecule has 1 heterocycles. The highest BCUT2D eigenvalue weighted by Gasteiger charge is 2.16. The molecule has 1 aliphatic rings. The molecule has 3 rings (SSSR count). The molecule has 0 atom stereocenters. The van der Waals surface area contributed by atoms with E-state index in [2.05, 4.69) is 41.3 Å². The number of rotatable bonds is 2. The monoisotopic (exact) mass is 293 g/mol. The van der Waals surface area contributed by atoms with Crippen molar-refractivity contribution in [1.82, 2.24) is 4.90 Å². The molecule has 2 aromatic rings. The van der Waals surface area contributed by atoms with Crippen LogP contribution in [0.3, 0.4) is 0 Å². The summed E-state index contributed by atoms with van der Waals surface area (Å²) in [5, 5.41) is 0.872. The molecular formula is C16H17Cl2N. The summed E-state index contributed by atoms with van der Waals surface area (Å²) < 4.78 is 0. The predicted molar refractivity (Wildman–Crippen MR) is 83.0 cm³/mol. The quantitative estimate of drug-likeness (QED) is 0.797. The summed E-state index contributed by atoms with van der Waals surface area (Å²) in [7, 11) is 0. The van der Waals surface area contributed by atoms with Crippen molar-refractivity contribution in [3.8, 4) is 0 Å². The Hall–Kier alpha value is -1.02. The third kappa shape index (κ3) is 3.30. The van der Waals surface area contributed by atoms with E-state index in [1.54, 1.807) is 0 Å². The molecule has 0 saturated heterocycles. The van der Waals surface area contributed by atoms with Crippen molar-refractivity contribution in [2.45, 2.75) is 19.5 Å². The molecule has 0 aromatic heterocycles. The third-order valence-electron chi connectivity index (χ3n) is 3.56. The summed E-state index contributed by atoms with van der Waals surface area (Å²) in [5.74, 6) is 0. The predicted octanol–water partition coefficient (Wildman–Crippen LogP) is 4.32. The van der Waals surface area contributed by atoms with Gasteiger partial charge in [0.2, 0.25) is 0 Å². The lowest BCUT2D eigenvalue weighted by molar-refractivity contribution is 0.245. The third-order valence-corrected chi connectivity index (χ3v) is 3.93. The second-order valence-corrected chi connectivity index (χ2v) is 5.23. The maximum Gasteiger partial charge on any atom is 0.0451 e. The lowest BCUT2D eigenvalue weighted by Crippen LogP contribution is -2.30. The zero-order chi connectivity index (χ0) is 12.4. The van der Waals surface area contributed by atoms with E-state index in [-0.39, 0.29) is 12.4 Å². The van der Waals surface area contributed by atoms with Crippen LogP contribution in [0.5, 0.6) is 0 Å². The molecule has 0 saturated carbocycles. The first-order valence-corrected chi connectivity index (χ1v) is 6.73. The van der Waals surface area contributed by atoms with Crippen LogP contribution in [0, 0.1) is 0 Å². The maximum absolute atomic E-state index is 6.22. The molecule has 100 valence electrons. The summed E-state index contributed by atoms with van der Waals surface area (Å²) >= 11 is 6.22. The number of hydrogen-bond donors (Lipinski definition) is 0. The first kappa shape index (κ1) is 14.4. The Morgan fingerprint density at radius 1 is 0.947 bits per heavy atom. The van der Waals surface area contributed by atoms with Crippen LogP contribution in [0.4, 0.5) is 0 Å². The van der Waals surface area contributed by atoms with Gasteiger partial charge in [-0.25, -0.2) is 0 Å². The second kappa shape index (κ2) is 6.42. The molecule has 0 amide bonds. The van der Waals surface area contributed by atoms with Crippen LogP contribution in [-0.4, -0.2) is 11.4 Å². The minimum atomic E-state index is 0. The molecule has 1 aliphatic heterocycles. The molecule has 19 heavy (non-hydrogen) atoms. The van der Waals surface area contributed by atoms with Crippen molar-refractivity contribution in [3.05, 3.63) is 70.2 Å². The van der Waals surface area contributed by atoms with Gasteiger partial charge in [0.15, 0.2) is 0 Å². The maximum atomic E-state index is 6.22. The van der Waals surface area contributed by atoms with E-state index in [0.717, 1.165) is 31.1 Å². The van der Waals surface area contributed by atoms with Crippen LogP contribution in [0.2, 0.25) is 5.02 Å². The largest absolute Gasteiger partial charge is 0.294 e. The molecule has 0 bridgehead atoms. The number of benzene rings is 2. The Morgan fingerprint density at radius 3 is 2.42 bits per heavy atom. The van der Waals surface area contributed by atoms with E-state index in [1.165, 1.54) is 16.7 Å². The average molecular weight is 294 g/mol. The fourth-order valence-electron chi connectivity index (χ4n) is 2.56. The molecule has 0 fully saturated rings. The zero-order valence-electron chi connectivity index (χ0n) is 10.7. The van der Waals surface area contributed by atoms with Crippen LogP contribution in [0.25, 0.3) is 0 Å². The van der Waals surface area contributed by atoms with E-state index >= 15 is 0 Å². The minimum absolute atomic E-state index is 0. The highest BCUT2D eigenvalue weighted by Crippen LogP contribution is 2.22. The number of halogens is 2. The molecule has 0 N–H and O–H groups in total. The summed E-state index contributed by atoms with van der Waals surface area (Å²) in [6.07, 6.45) is 1.14. The van der Waals surface area contributed by atoms with E-state index in [0.29, 0.717) is 0 Å². The van der Waals surface area contributed by atoms with Gasteiger partial charge in [0.25, 0.3) is 0 Å². The summed E-state index contributed by atoms with van der Waals surface area (Å²) in [6, 6.07) is 16.8. The van der Waals surface area contributed by atoms with Crippen molar-refractivity contribution in [1.29, 1.82) is 0 Å². The van der Waals surface area contributed by atoms with Crippen molar-refractivity contribution in [2.75, 3.05) is 6.54 Å². The van der Waals surface area contributed by atoms with Gasteiger partial charge in [0.1, 0.15) is 0 Å². The van der Waals surface area contributed by atoms with Crippen molar-refractivity contribution in [2.24, 2.45) is 0 Å². The van der Waals surface area contributed by atoms with Gasteiger partial charge in [-0.15, -0.1) is 12.4 Å². The topological polar surface area (TPSA) is 3.24 Å². The number of fused-ring (bicyclic) bond motifs is 1. The van der Waals surface area contributed by atoms with Crippen molar-refractivity contribution in [3.63, 3.8) is 0 Å². The Kier molecular flexibility index (Phi) is 4.87. The smallest absolute Gasteiger partial charge is 0.0451 e. The molecule has 0 radical (unpaired) electrons. The second-order valence-electron chi connectivity index (χ2n) is 4.82. The summed E-state index contributed by atoms with van der Waals surface area (Å²) in [5.41, 5.74) is 4.17. The summed E-state index contributed by atoms with van der Waals surface area (Å²) in [6.45, 7) is 3.08. The molecule has 3 heteroatoms. The van der Waals surface area contributed by atoms with Gasteiger partial charge in [-0.05, 0) is 29.2 Å². The first-order valence-electron chi connectivity index (χ1n) is 6.35. The van der Waals surface area contributed by atoms with E-state index < -0.39 is 0 Å². The van der Waals surface area contributed by atoms with Crippen LogP contribution in [0.1, 0.15) is 16.7 Å². The molecule has 1 nitrogen and oxygen atoms in total. The Bertz CT molecular complexity index is 554. The Morgan fingerprint density at radius 2 is 1.63 bits per heavy atom. The van der Waals surface area contributed by atoms with Crippen molar-refractivity contribution >= 4 is 24.0 Å². The van der Waals surface area contributed by atoms with Crippen LogP contribution >= 0.6 is 24.0 Å². The Labute approximate surface area is 125 Å². The SMILES string of the molecule is Cl.Clc1ccccc1CN1CCc2ccccc2C1. The van der Waals surface area contributed by atoms with Gasteiger partial charge in [-0.1, -0.05) is 54.1 Å². The van der Waals surface area contributed by atoms with Crippen molar-refractivity contribution < 1.29 is 0 Å². The van der Waals surface area contributed by atoms with E-state index in [1.807, 2.05) is 12.1 Å². The van der Waals surface area contributed by atoms with Gasteiger partial charge in [0.05, 0.1) is 0 Å². The number of hydrogen-bond acceptors (Lipinski definition) is 1.